The van der Waals surface area contributed by atoms with Crippen LogP contribution in [0.25, 0.3) is 0 Å². The van der Waals surface area contributed by atoms with Crippen molar-refractivity contribution in [1.29, 1.82) is 0 Å². The van der Waals surface area contributed by atoms with E-state index < -0.39 is 10.0 Å². The minimum Gasteiger partial charge on any atom is -0.218 e. The van der Waals surface area contributed by atoms with E-state index in [1.165, 1.54) is 5.56 Å². The third-order valence-corrected chi connectivity index (χ3v) is 6.37. The Morgan fingerprint density at radius 2 is 1.48 bits per heavy atom. The van der Waals surface area contributed by atoms with Crippen LogP contribution in [0.3, 0.4) is 0 Å². The van der Waals surface area contributed by atoms with Gasteiger partial charge in [0.2, 0.25) is 0 Å². The number of nitrogens with one attached hydrogen (secondary N) is 1. The van der Waals surface area contributed by atoms with Crippen LogP contribution in [0.15, 0.2) is 83.8 Å². The van der Waals surface area contributed by atoms with Crippen LogP contribution in [0.4, 0.5) is 0 Å². The number of sulfonamides is 1. The standard InChI is InChI=1S/C22H22N2O2S/c1-17-11-13-21(14-12-17)27(25,26)23-24-16-20-10-6-5-9-19(20)15-22(24)18-7-3-2-4-8-18/h2-14,22-23H,15-16H2,1H3. The van der Waals surface area contributed by atoms with Crippen molar-refractivity contribution in [2.45, 2.75) is 30.8 Å². The number of benzene rings is 3. The molecule has 5 heteroatoms. The van der Waals surface area contributed by atoms with E-state index in [2.05, 4.69) is 17.0 Å². The van der Waals surface area contributed by atoms with Gasteiger partial charge in [0.25, 0.3) is 10.0 Å². The van der Waals surface area contributed by atoms with E-state index in [1.807, 2.05) is 66.5 Å². The fourth-order valence-corrected chi connectivity index (χ4v) is 4.62. The Bertz CT molecular complexity index is 1030. The largest absolute Gasteiger partial charge is 0.253 e. The zero-order chi connectivity index (χ0) is 18.9. The summed E-state index contributed by atoms with van der Waals surface area (Å²) in [4.78, 5) is 3.10. The van der Waals surface area contributed by atoms with Gasteiger partial charge < -0.3 is 0 Å². The lowest BCUT2D eigenvalue weighted by molar-refractivity contribution is 0.143. The average Bonchev–Trinajstić information content (AvgIpc) is 2.68. The van der Waals surface area contributed by atoms with Gasteiger partial charge in [0.05, 0.1) is 10.9 Å². The first-order valence-electron chi connectivity index (χ1n) is 9.00. The number of rotatable bonds is 4. The molecule has 0 saturated heterocycles. The maximum Gasteiger partial charge on any atom is 0.253 e. The lowest BCUT2D eigenvalue weighted by Crippen LogP contribution is -2.46. The summed E-state index contributed by atoms with van der Waals surface area (Å²) in [5, 5.41) is 1.84. The maximum atomic E-state index is 12.9. The van der Waals surface area contributed by atoms with Gasteiger partial charge in [-0.25, -0.2) is 13.4 Å². The van der Waals surface area contributed by atoms with Crippen LogP contribution in [0.1, 0.15) is 28.3 Å². The summed E-state index contributed by atoms with van der Waals surface area (Å²) in [6.45, 7) is 2.47. The number of hydrazine groups is 1. The summed E-state index contributed by atoms with van der Waals surface area (Å²) >= 11 is 0. The van der Waals surface area contributed by atoms with Crippen LogP contribution < -0.4 is 4.83 Å². The summed E-state index contributed by atoms with van der Waals surface area (Å²) in [7, 11) is -3.64. The molecular weight excluding hydrogens is 356 g/mol. The zero-order valence-electron chi connectivity index (χ0n) is 15.2. The summed E-state index contributed by atoms with van der Waals surface area (Å²) in [5.41, 5.74) is 4.54. The van der Waals surface area contributed by atoms with Gasteiger partial charge in [-0.3, -0.25) is 0 Å². The minimum atomic E-state index is -3.64. The van der Waals surface area contributed by atoms with Gasteiger partial charge in [-0.05, 0) is 42.2 Å². The summed E-state index contributed by atoms with van der Waals surface area (Å²) in [6, 6.07) is 25.1. The Labute approximate surface area is 160 Å². The second-order valence-corrected chi connectivity index (χ2v) is 8.60. The summed E-state index contributed by atoms with van der Waals surface area (Å²) in [6.07, 6.45) is 0.761. The number of hydrogen-bond donors (Lipinski definition) is 1. The van der Waals surface area contributed by atoms with Gasteiger partial charge in [0.15, 0.2) is 0 Å². The highest BCUT2D eigenvalue weighted by molar-refractivity contribution is 7.89. The molecule has 0 aliphatic carbocycles. The van der Waals surface area contributed by atoms with Crippen molar-refractivity contribution < 1.29 is 8.42 Å². The Hall–Kier alpha value is -2.47. The first-order chi connectivity index (χ1) is 13.0. The van der Waals surface area contributed by atoms with Gasteiger partial charge in [-0.1, -0.05) is 72.3 Å². The molecule has 138 valence electrons. The molecule has 0 amide bonds. The molecule has 1 atom stereocenters. The van der Waals surface area contributed by atoms with E-state index in [0.717, 1.165) is 23.1 Å². The van der Waals surface area contributed by atoms with Gasteiger partial charge in [-0.2, -0.15) is 0 Å². The summed E-state index contributed by atoms with van der Waals surface area (Å²) < 4.78 is 25.9. The molecule has 27 heavy (non-hydrogen) atoms. The van der Waals surface area contributed by atoms with Crippen molar-refractivity contribution in [3.05, 3.63) is 101 Å². The van der Waals surface area contributed by atoms with Crippen molar-refractivity contribution in [3.8, 4) is 0 Å². The third-order valence-electron chi connectivity index (χ3n) is 5.00. The van der Waals surface area contributed by atoms with E-state index in [0.29, 0.717) is 6.54 Å². The molecule has 3 aromatic carbocycles. The predicted octanol–water partition coefficient (Wildman–Crippen LogP) is 3.99. The molecule has 1 unspecified atom stereocenters. The molecule has 1 aliphatic rings. The van der Waals surface area contributed by atoms with E-state index in [-0.39, 0.29) is 10.9 Å². The highest BCUT2D eigenvalue weighted by Crippen LogP contribution is 2.32. The number of fused-ring (bicyclic) bond motifs is 1. The predicted molar refractivity (Wildman–Crippen MR) is 106 cm³/mol. The van der Waals surface area contributed by atoms with E-state index >= 15 is 0 Å². The van der Waals surface area contributed by atoms with Crippen molar-refractivity contribution in [3.63, 3.8) is 0 Å². The molecule has 3 aromatic rings. The van der Waals surface area contributed by atoms with Crippen LogP contribution in [0.2, 0.25) is 0 Å². The fraction of sp³-hybridized carbons (Fsp3) is 0.182. The number of aryl methyl sites for hydroxylation is 1. The first-order valence-corrected chi connectivity index (χ1v) is 10.5. The Morgan fingerprint density at radius 3 is 2.19 bits per heavy atom. The van der Waals surface area contributed by atoms with Crippen LogP contribution >= 0.6 is 0 Å². The lowest BCUT2D eigenvalue weighted by atomic mass is 9.91. The van der Waals surface area contributed by atoms with E-state index in [4.69, 9.17) is 0 Å². The van der Waals surface area contributed by atoms with Crippen molar-refractivity contribution in [2.24, 2.45) is 0 Å². The van der Waals surface area contributed by atoms with Crippen molar-refractivity contribution in [2.75, 3.05) is 0 Å². The van der Waals surface area contributed by atoms with Gasteiger partial charge >= 0.3 is 0 Å². The number of nitrogens with zero attached hydrogens (tertiary/aromatic N) is 1. The summed E-state index contributed by atoms with van der Waals surface area (Å²) in [5.74, 6) is 0. The normalized spacial score (nSPS) is 17.4. The molecule has 0 fully saturated rings. The molecule has 0 bridgehead atoms. The monoisotopic (exact) mass is 378 g/mol. The van der Waals surface area contributed by atoms with E-state index in [1.54, 1.807) is 12.1 Å². The Balaban J connectivity index is 1.69. The molecule has 4 nitrogen and oxygen atoms in total. The molecule has 0 aromatic heterocycles. The highest BCUT2D eigenvalue weighted by atomic mass is 32.2. The molecule has 1 aliphatic heterocycles. The van der Waals surface area contributed by atoms with Gasteiger partial charge in [0, 0.05) is 6.54 Å². The van der Waals surface area contributed by atoms with E-state index in [9.17, 15) is 8.42 Å². The zero-order valence-corrected chi connectivity index (χ0v) is 16.0. The van der Waals surface area contributed by atoms with Crippen LogP contribution in [0.5, 0.6) is 0 Å². The first kappa shape index (κ1) is 17.9. The second-order valence-electron chi connectivity index (χ2n) is 6.93. The maximum absolute atomic E-state index is 12.9. The Kier molecular flexibility index (Phi) is 4.83. The molecule has 0 saturated carbocycles. The quantitative estimate of drug-likeness (QED) is 0.747. The fourth-order valence-electron chi connectivity index (χ4n) is 3.52. The van der Waals surface area contributed by atoms with Gasteiger partial charge in [-0.15, -0.1) is 4.83 Å². The van der Waals surface area contributed by atoms with Gasteiger partial charge in [0.1, 0.15) is 0 Å². The molecule has 0 spiro atoms. The average molecular weight is 378 g/mol. The third kappa shape index (κ3) is 3.81. The topological polar surface area (TPSA) is 49.4 Å². The van der Waals surface area contributed by atoms with Crippen LogP contribution in [-0.2, 0) is 23.0 Å². The van der Waals surface area contributed by atoms with Crippen LogP contribution in [-0.4, -0.2) is 13.4 Å². The molecule has 1 N–H and O–H groups in total. The molecule has 1 heterocycles. The highest BCUT2D eigenvalue weighted by Gasteiger charge is 2.30. The SMILES string of the molecule is Cc1ccc(S(=O)(=O)NN2Cc3ccccc3CC2c2ccccc2)cc1. The van der Waals surface area contributed by atoms with Crippen molar-refractivity contribution in [1.82, 2.24) is 9.84 Å². The molecule has 0 radical (unpaired) electrons. The lowest BCUT2D eigenvalue weighted by Gasteiger charge is -2.37. The number of hydrogen-bond acceptors (Lipinski definition) is 3. The Morgan fingerprint density at radius 1 is 0.852 bits per heavy atom. The molecule has 4 rings (SSSR count). The van der Waals surface area contributed by atoms with Crippen molar-refractivity contribution >= 4 is 10.0 Å². The molecular formula is C22H22N2O2S. The second kappa shape index (κ2) is 7.27. The minimum absolute atomic E-state index is 0.0543. The smallest absolute Gasteiger partial charge is 0.218 e. The van der Waals surface area contributed by atoms with Crippen LogP contribution in [0, 0.1) is 6.92 Å².